The van der Waals surface area contributed by atoms with E-state index in [1.165, 1.54) is 12.1 Å². The van der Waals surface area contributed by atoms with Gasteiger partial charge in [0.1, 0.15) is 0 Å². The molecule has 0 spiro atoms. The Morgan fingerprint density at radius 1 is 1.44 bits per heavy atom. The molecular weight excluding hydrogens is 344 g/mol. The van der Waals surface area contributed by atoms with E-state index in [9.17, 15) is 13.2 Å². The third kappa shape index (κ3) is 4.41. The lowest BCUT2D eigenvalue weighted by atomic mass is 10.2. The molecule has 0 aliphatic carbocycles. The van der Waals surface area contributed by atoms with Gasteiger partial charge in [0, 0.05) is 21.6 Å². The predicted molar refractivity (Wildman–Crippen MR) is 73.2 cm³/mol. The van der Waals surface area contributed by atoms with E-state index in [-0.39, 0.29) is 22.0 Å². The van der Waals surface area contributed by atoms with Gasteiger partial charge in [0.25, 0.3) is 5.91 Å². The van der Waals surface area contributed by atoms with Crippen molar-refractivity contribution in [1.29, 1.82) is 0 Å². The fourth-order valence-electron chi connectivity index (χ4n) is 1.14. The van der Waals surface area contributed by atoms with Crippen LogP contribution in [0.4, 0.5) is 0 Å². The largest absolute Gasteiger partial charge is 0.347 e. The summed E-state index contributed by atoms with van der Waals surface area (Å²) in [5.41, 5.74) is 0.111. The van der Waals surface area contributed by atoms with E-state index in [1.807, 2.05) is 0 Å². The lowest BCUT2D eigenvalue weighted by molar-refractivity contribution is 0.0957. The number of carbonyl (C=O) groups excluding carboxylic acids is 1. The summed E-state index contributed by atoms with van der Waals surface area (Å²) in [6.07, 6.45) is 0. The summed E-state index contributed by atoms with van der Waals surface area (Å²) >= 11 is 8.82. The molecule has 1 aromatic rings. The van der Waals surface area contributed by atoms with Gasteiger partial charge >= 0.3 is 0 Å². The second kappa shape index (κ2) is 5.83. The summed E-state index contributed by atoms with van der Waals surface area (Å²) in [6.45, 7) is 3.77. The van der Waals surface area contributed by atoms with Gasteiger partial charge in [-0.1, -0.05) is 34.1 Å². The first-order valence-corrected chi connectivity index (χ1v) is 7.37. The van der Waals surface area contributed by atoms with Crippen molar-refractivity contribution in [2.24, 2.45) is 5.14 Å². The first-order valence-electron chi connectivity index (χ1n) is 4.65. The van der Waals surface area contributed by atoms with E-state index in [0.29, 0.717) is 4.48 Å². The van der Waals surface area contributed by atoms with E-state index in [2.05, 4.69) is 27.8 Å². The Labute approximate surface area is 118 Å². The van der Waals surface area contributed by atoms with Crippen LogP contribution in [0.25, 0.3) is 0 Å². The number of halogens is 2. The molecule has 0 unspecified atom stereocenters. The second-order valence-corrected chi connectivity index (χ2v) is 6.54. The zero-order valence-electron chi connectivity index (χ0n) is 9.11. The number of hydrogen-bond donors (Lipinski definition) is 2. The zero-order chi connectivity index (χ0) is 13.9. The monoisotopic (exact) mass is 352 g/mol. The highest BCUT2D eigenvalue weighted by atomic mass is 79.9. The number of benzene rings is 1. The molecule has 0 aliphatic heterocycles. The highest BCUT2D eigenvalue weighted by Crippen LogP contribution is 2.18. The Balaban J connectivity index is 3.07. The lowest BCUT2D eigenvalue weighted by Gasteiger charge is -2.06. The summed E-state index contributed by atoms with van der Waals surface area (Å²) < 4.78 is 23.0. The minimum atomic E-state index is -3.90. The normalized spacial score (nSPS) is 11.1. The van der Waals surface area contributed by atoms with Gasteiger partial charge in [-0.15, -0.1) is 0 Å². The summed E-state index contributed by atoms with van der Waals surface area (Å²) in [6, 6.07) is 3.69. The third-order valence-electron chi connectivity index (χ3n) is 1.90. The number of rotatable bonds is 4. The Morgan fingerprint density at radius 3 is 2.56 bits per heavy atom. The van der Waals surface area contributed by atoms with Crippen LogP contribution in [0.2, 0.25) is 5.02 Å². The molecule has 1 amide bonds. The molecule has 0 saturated heterocycles. The first kappa shape index (κ1) is 15.2. The van der Waals surface area contributed by atoms with Crippen LogP contribution in [0.1, 0.15) is 10.4 Å². The maximum absolute atomic E-state index is 11.7. The number of primary sulfonamides is 1. The summed E-state index contributed by atoms with van der Waals surface area (Å²) in [5.74, 6) is -0.469. The van der Waals surface area contributed by atoms with Crippen LogP contribution in [0.3, 0.4) is 0 Å². The number of sulfonamides is 1. The Kier molecular flexibility index (Phi) is 4.92. The molecule has 5 nitrogen and oxygen atoms in total. The van der Waals surface area contributed by atoms with Crippen molar-refractivity contribution in [3.63, 3.8) is 0 Å². The van der Waals surface area contributed by atoms with Gasteiger partial charge in [-0.25, -0.2) is 13.6 Å². The zero-order valence-corrected chi connectivity index (χ0v) is 12.3. The van der Waals surface area contributed by atoms with Crippen LogP contribution < -0.4 is 10.5 Å². The SMILES string of the molecule is C=C(Br)CNC(=O)c1cc(Cl)cc(S(N)(=O)=O)c1. The van der Waals surface area contributed by atoms with E-state index >= 15 is 0 Å². The minimum absolute atomic E-state index is 0.111. The molecule has 3 N–H and O–H groups in total. The number of carbonyl (C=O) groups is 1. The van der Waals surface area contributed by atoms with Gasteiger partial charge < -0.3 is 5.32 Å². The van der Waals surface area contributed by atoms with E-state index < -0.39 is 15.9 Å². The maximum atomic E-state index is 11.7. The van der Waals surface area contributed by atoms with Crippen molar-refractivity contribution in [3.8, 4) is 0 Å². The molecule has 1 aromatic carbocycles. The quantitative estimate of drug-likeness (QED) is 0.862. The number of hydrogen-bond acceptors (Lipinski definition) is 3. The molecule has 8 heteroatoms. The highest BCUT2D eigenvalue weighted by Gasteiger charge is 2.14. The van der Waals surface area contributed by atoms with Gasteiger partial charge in [0.2, 0.25) is 10.0 Å². The average Bonchev–Trinajstić information content (AvgIpc) is 2.23. The Hall–Kier alpha value is -0.890. The lowest BCUT2D eigenvalue weighted by Crippen LogP contribution is -2.25. The molecule has 0 fully saturated rings. The first-order chi connectivity index (χ1) is 8.20. The van der Waals surface area contributed by atoms with Crippen LogP contribution in [0.5, 0.6) is 0 Å². The fourth-order valence-corrected chi connectivity index (χ4v) is 2.16. The van der Waals surface area contributed by atoms with Crippen molar-refractivity contribution in [2.75, 3.05) is 6.54 Å². The van der Waals surface area contributed by atoms with Crippen LogP contribution >= 0.6 is 27.5 Å². The van der Waals surface area contributed by atoms with Gasteiger partial charge in [-0.05, 0) is 18.2 Å². The average molecular weight is 354 g/mol. The predicted octanol–water partition coefficient (Wildman–Crippen LogP) is 1.63. The van der Waals surface area contributed by atoms with Gasteiger partial charge in [-0.2, -0.15) is 0 Å². The van der Waals surface area contributed by atoms with Crippen molar-refractivity contribution in [3.05, 3.63) is 39.8 Å². The summed E-state index contributed by atoms with van der Waals surface area (Å²) in [5, 5.41) is 7.62. The topological polar surface area (TPSA) is 89.3 Å². The van der Waals surface area contributed by atoms with Crippen molar-refractivity contribution < 1.29 is 13.2 Å². The number of nitrogens with one attached hydrogen (secondary N) is 1. The van der Waals surface area contributed by atoms with Crippen LogP contribution in [0.15, 0.2) is 34.2 Å². The third-order valence-corrected chi connectivity index (χ3v) is 3.29. The van der Waals surface area contributed by atoms with Crippen LogP contribution in [0, 0.1) is 0 Å². The van der Waals surface area contributed by atoms with E-state index in [1.54, 1.807) is 0 Å². The molecule has 0 aliphatic rings. The number of nitrogens with two attached hydrogens (primary N) is 1. The summed E-state index contributed by atoms with van der Waals surface area (Å²) in [4.78, 5) is 11.5. The van der Waals surface area contributed by atoms with Crippen molar-refractivity contribution >= 4 is 43.5 Å². The molecule has 0 atom stereocenters. The second-order valence-electron chi connectivity index (χ2n) is 3.42. The molecule has 18 heavy (non-hydrogen) atoms. The number of amides is 1. The highest BCUT2D eigenvalue weighted by molar-refractivity contribution is 9.11. The van der Waals surface area contributed by atoms with Crippen molar-refractivity contribution in [1.82, 2.24) is 5.32 Å². The van der Waals surface area contributed by atoms with Crippen LogP contribution in [-0.2, 0) is 10.0 Å². The van der Waals surface area contributed by atoms with Crippen molar-refractivity contribution in [2.45, 2.75) is 4.90 Å². The molecular formula is C10H10BrClN2O3S. The molecule has 1 rings (SSSR count). The van der Waals surface area contributed by atoms with Gasteiger partial charge in [-0.3, -0.25) is 4.79 Å². The molecule has 0 bridgehead atoms. The maximum Gasteiger partial charge on any atom is 0.251 e. The standard InChI is InChI=1S/C10H10BrClN2O3S/c1-6(11)5-14-10(15)7-2-8(12)4-9(3-7)18(13,16)17/h2-4H,1,5H2,(H,14,15)(H2,13,16,17). The smallest absolute Gasteiger partial charge is 0.251 e. The van der Waals surface area contributed by atoms with Gasteiger partial charge in [0.15, 0.2) is 0 Å². The molecule has 0 heterocycles. The molecule has 0 radical (unpaired) electrons. The van der Waals surface area contributed by atoms with E-state index in [0.717, 1.165) is 6.07 Å². The fraction of sp³-hybridized carbons (Fsp3) is 0.100. The molecule has 0 aromatic heterocycles. The molecule has 0 saturated carbocycles. The molecule has 98 valence electrons. The van der Waals surface area contributed by atoms with E-state index in [4.69, 9.17) is 16.7 Å². The summed E-state index contributed by atoms with van der Waals surface area (Å²) in [7, 11) is -3.90. The minimum Gasteiger partial charge on any atom is -0.347 e. The Bertz CT molecular complexity index is 601. The van der Waals surface area contributed by atoms with Gasteiger partial charge in [0.05, 0.1) is 4.90 Å². The van der Waals surface area contributed by atoms with Crippen LogP contribution in [-0.4, -0.2) is 20.9 Å². The Morgan fingerprint density at radius 2 is 2.06 bits per heavy atom.